The van der Waals surface area contributed by atoms with Crippen LogP contribution < -0.4 is 0 Å². The van der Waals surface area contributed by atoms with Gasteiger partial charge in [0.05, 0.1) is 13.1 Å². The Morgan fingerprint density at radius 2 is 2.16 bits per heavy atom. The molecule has 2 saturated heterocycles. The molecule has 2 fully saturated rings. The first kappa shape index (κ1) is 18.1. The number of hydroxylamine groups is 3. The molecule has 7 heteroatoms. The SMILES string of the molecule is C/C=C1\C[C@@H](C)[C@@](C)(O)C(=O)OCC2=CC[N@+]3([O-])CC[C@@H](OC1=O)[C@@H]23. The number of carbonyl (C=O) groups excluding carboxylic acids is 2. The standard InChI is InChI=1S/C18H25NO6/c1-4-12-9-11(2)18(3,22)17(21)24-10-13-5-7-19(23)8-6-14(15(13)19)25-16(12)20/h4-5,11,14-15,22H,6-10H2,1-3H3/b12-4+/t11-,14-,15-,18-,19+/m1/s1. The molecule has 138 valence electrons. The molecule has 0 aromatic carbocycles. The summed E-state index contributed by atoms with van der Waals surface area (Å²) >= 11 is 0. The van der Waals surface area contributed by atoms with Gasteiger partial charge in [-0.05, 0) is 32.3 Å². The number of hydrogen-bond donors (Lipinski definition) is 1. The van der Waals surface area contributed by atoms with Gasteiger partial charge in [0.2, 0.25) is 0 Å². The molecule has 0 aromatic heterocycles. The molecule has 25 heavy (non-hydrogen) atoms. The smallest absolute Gasteiger partial charge is 0.338 e. The summed E-state index contributed by atoms with van der Waals surface area (Å²) in [6, 6.07) is -0.531. The fraction of sp³-hybridized carbons (Fsp3) is 0.667. The van der Waals surface area contributed by atoms with E-state index in [1.807, 2.05) is 0 Å². The van der Waals surface area contributed by atoms with Gasteiger partial charge in [-0.15, -0.1) is 0 Å². The van der Waals surface area contributed by atoms with Gasteiger partial charge in [-0.25, -0.2) is 9.59 Å². The van der Waals surface area contributed by atoms with E-state index in [0.29, 0.717) is 24.1 Å². The number of hydrogen-bond acceptors (Lipinski definition) is 6. The lowest BCUT2D eigenvalue weighted by molar-refractivity contribution is -0.877. The zero-order chi connectivity index (χ0) is 18.4. The highest BCUT2D eigenvalue weighted by Gasteiger charge is 2.51. The first-order chi connectivity index (χ1) is 11.7. The summed E-state index contributed by atoms with van der Waals surface area (Å²) in [7, 11) is 0. The third-order valence-corrected chi connectivity index (χ3v) is 5.83. The van der Waals surface area contributed by atoms with Crippen molar-refractivity contribution in [2.75, 3.05) is 19.7 Å². The molecule has 0 spiro atoms. The summed E-state index contributed by atoms with van der Waals surface area (Å²) in [5, 5.41) is 23.5. The predicted molar refractivity (Wildman–Crippen MR) is 88.9 cm³/mol. The van der Waals surface area contributed by atoms with E-state index in [4.69, 9.17) is 9.47 Å². The van der Waals surface area contributed by atoms with Gasteiger partial charge >= 0.3 is 11.9 Å². The lowest BCUT2D eigenvalue weighted by Gasteiger charge is -2.41. The normalized spacial score (nSPS) is 43.6. The number of aliphatic hydroxyl groups is 1. The number of rotatable bonds is 0. The molecule has 5 atom stereocenters. The minimum atomic E-state index is -1.73. The molecule has 0 aliphatic carbocycles. The average molecular weight is 351 g/mol. The number of allylic oxidation sites excluding steroid dienone is 1. The summed E-state index contributed by atoms with van der Waals surface area (Å²) in [6.45, 7) is 5.39. The summed E-state index contributed by atoms with van der Waals surface area (Å²) in [5.74, 6) is -1.75. The van der Waals surface area contributed by atoms with Crippen LogP contribution in [0.1, 0.15) is 33.6 Å². The Morgan fingerprint density at radius 1 is 1.44 bits per heavy atom. The van der Waals surface area contributed by atoms with Gasteiger partial charge in [0, 0.05) is 17.6 Å². The van der Waals surface area contributed by atoms with Gasteiger partial charge in [-0.1, -0.05) is 13.0 Å². The fourth-order valence-corrected chi connectivity index (χ4v) is 3.91. The van der Waals surface area contributed by atoms with E-state index in [-0.39, 0.29) is 19.6 Å². The zero-order valence-corrected chi connectivity index (χ0v) is 14.9. The van der Waals surface area contributed by atoms with Crippen molar-refractivity contribution in [3.05, 3.63) is 28.5 Å². The lowest BCUT2D eigenvalue weighted by Crippen LogP contribution is -2.49. The summed E-state index contributed by atoms with van der Waals surface area (Å²) in [5.41, 5.74) is -0.670. The second-order valence-corrected chi connectivity index (χ2v) is 7.46. The molecule has 3 rings (SSSR count). The van der Waals surface area contributed by atoms with Crippen LogP contribution in [0.2, 0.25) is 0 Å². The van der Waals surface area contributed by atoms with Gasteiger partial charge in [-0.2, -0.15) is 0 Å². The summed E-state index contributed by atoms with van der Waals surface area (Å²) in [6.07, 6.45) is 3.57. The third kappa shape index (κ3) is 3.01. The Morgan fingerprint density at radius 3 is 2.84 bits per heavy atom. The molecule has 3 heterocycles. The van der Waals surface area contributed by atoms with Crippen molar-refractivity contribution in [3.8, 4) is 0 Å². The van der Waals surface area contributed by atoms with Crippen LogP contribution in [-0.4, -0.2) is 59.1 Å². The highest BCUT2D eigenvalue weighted by molar-refractivity contribution is 5.89. The highest BCUT2D eigenvalue weighted by atomic mass is 16.6. The minimum absolute atomic E-state index is 0.0564. The molecule has 7 nitrogen and oxygen atoms in total. The van der Waals surface area contributed by atoms with Crippen LogP contribution in [0.15, 0.2) is 23.3 Å². The second kappa shape index (κ2) is 6.23. The van der Waals surface area contributed by atoms with Crippen molar-refractivity contribution in [2.24, 2.45) is 5.92 Å². The molecule has 0 bridgehead atoms. The Labute approximate surface area is 147 Å². The van der Waals surface area contributed by atoms with E-state index >= 15 is 0 Å². The Bertz CT molecular complexity index is 652. The van der Waals surface area contributed by atoms with Crippen LogP contribution >= 0.6 is 0 Å². The molecule has 0 aromatic rings. The van der Waals surface area contributed by atoms with Crippen LogP contribution in [-0.2, 0) is 19.1 Å². The van der Waals surface area contributed by atoms with E-state index in [0.717, 1.165) is 0 Å². The fourth-order valence-electron chi connectivity index (χ4n) is 3.91. The van der Waals surface area contributed by atoms with Crippen molar-refractivity contribution in [3.63, 3.8) is 0 Å². The topological polar surface area (TPSA) is 95.9 Å². The Balaban J connectivity index is 1.94. The molecule has 0 saturated carbocycles. The average Bonchev–Trinajstić information content (AvgIpc) is 3.05. The number of nitrogens with zero attached hydrogens (tertiary/aromatic N) is 1. The van der Waals surface area contributed by atoms with Gasteiger partial charge < -0.3 is 24.4 Å². The number of cyclic esters (lactones) is 1. The molecule has 0 amide bonds. The van der Waals surface area contributed by atoms with Gasteiger partial charge in [0.25, 0.3) is 0 Å². The van der Waals surface area contributed by atoms with Crippen LogP contribution in [0, 0.1) is 11.1 Å². The molecule has 3 aliphatic rings. The number of esters is 2. The van der Waals surface area contributed by atoms with Crippen LogP contribution in [0.4, 0.5) is 0 Å². The highest BCUT2D eigenvalue weighted by Crippen LogP contribution is 2.39. The quantitative estimate of drug-likeness (QED) is 0.232. The first-order valence-electron chi connectivity index (χ1n) is 8.71. The number of carbonyl (C=O) groups is 2. The molecular weight excluding hydrogens is 326 g/mol. The lowest BCUT2D eigenvalue weighted by atomic mass is 9.85. The van der Waals surface area contributed by atoms with Crippen LogP contribution in [0.5, 0.6) is 0 Å². The largest absolute Gasteiger partial charge is 0.632 e. The van der Waals surface area contributed by atoms with Gasteiger partial charge in [0.15, 0.2) is 17.7 Å². The minimum Gasteiger partial charge on any atom is -0.632 e. The van der Waals surface area contributed by atoms with E-state index < -0.39 is 40.2 Å². The Hall–Kier alpha value is -1.70. The van der Waals surface area contributed by atoms with Crippen molar-refractivity contribution < 1.29 is 28.8 Å². The van der Waals surface area contributed by atoms with Gasteiger partial charge in [0.1, 0.15) is 6.61 Å². The number of ether oxygens (including phenoxy) is 2. The van der Waals surface area contributed by atoms with Crippen molar-refractivity contribution in [2.45, 2.75) is 51.4 Å². The van der Waals surface area contributed by atoms with Crippen molar-refractivity contribution in [1.82, 2.24) is 0 Å². The molecule has 3 aliphatic heterocycles. The maximum absolute atomic E-state index is 12.9. The number of quaternary nitrogens is 1. The maximum Gasteiger partial charge on any atom is 0.338 e. The van der Waals surface area contributed by atoms with Crippen LogP contribution in [0.3, 0.4) is 0 Å². The Kier molecular flexibility index (Phi) is 4.51. The van der Waals surface area contributed by atoms with E-state index in [2.05, 4.69) is 0 Å². The zero-order valence-electron chi connectivity index (χ0n) is 14.9. The van der Waals surface area contributed by atoms with E-state index in [1.165, 1.54) is 6.92 Å². The first-order valence-corrected chi connectivity index (χ1v) is 8.71. The van der Waals surface area contributed by atoms with Crippen molar-refractivity contribution in [1.29, 1.82) is 0 Å². The molecule has 1 N–H and O–H groups in total. The summed E-state index contributed by atoms with van der Waals surface area (Å²) in [4.78, 5) is 24.9. The monoisotopic (exact) mass is 351 g/mol. The third-order valence-electron chi connectivity index (χ3n) is 5.83. The predicted octanol–water partition coefficient (Wildman–Crippen LogP) is 1.21. The maximum atomic E-state index is 12.9. The molecule has 0 radical (unpaired) electrons. The van der Waals surface area contributed by atoms with Crippen molar-refractivity contribution >= 4 is 11.9 Å². The second-order valence-electron chi connectivity index (χ2n) is 7.46. The summed E-state index contributed by atoms with van der Waals surface area (Å²) < 4.78 is 10.5. The molecule has 0 unspecified atom stereocenters. The van der Waals surface area contributed by atoms with E-state index in [1.54, 1.807) is 26.0 Å². The van der Waals surface area contributed by atoms with E-state index in [9.17, 15) is 19.9 Å². The van der Waals surface area contributed by atoms with Crippen LogP contribution in [0.25, 0.3) is 0 Å². The molecular formula is C18H25NO6. The van der Waals surface area contributed by atoms with Gasteiger partial charge in [-0.3, -0.25) is 0 Å².